The zero-order valence-electron chi connectivity index (χ0n) is 29.8. The number of allylic oxidation sites excluding steroid dienone is 4. The lowest BCUT2D eigenvalue weighted by Crippen LogP contribution is -2.04. The predicted molar refractivity (Wildman–Crippen MR) is 228 cm³/mol. The van der Waals surface area contributed by atoms with Gasteiger partial charge in [-0.15, -0.1) is 0 Å². The molecule has 0 bridgehead atoms. The van der Waals surface area contributed by atoms with E-state index in [2.05, 4.69) is 194 Å². The Kier molecular flexibility index (Phi) is 8.00. The fourth-order valence-corrected chi connectivity index (χ4v) is 8.17. The van der Waals surface area contributed by atoms with Crippen molar-refractivity contribution in [2.75, 3.05) is 0 Å². The number of hydrogen-bond acceptors (Lipinski definition) is 2. The smallest absolute Gasteiger partial charge is 0.157 e. The first kappa shape index (κ1) is 31.8. The van der Waals surface area contributed by atoms with E-state index in [0.29, 0.717) is 0 Å². The molecule has 1 heterocycles. The number of aromatic nitrogens is 2. The number of hydrogen-bond donors (Lipinski definition) is 0. The molecule has 0 atom stereocenters. The molecule has 0 spiro atoms. The van der Waals surface area contributed by atoms with Crippen LogP contribution in [0.4, 0.5) is 0 Å². The van der Waals surface area contributed by atoms with Gasteiger partial charge < -0.3 is 0 Å². The van der Waals surface area contributed by atoms with Crippen LogP contribution in [0.25, 0.3) is 88.2 Å². The van der Waals surface area contributed by atoms with Crippen molar-refractivity contribution < 1.29 is 0 Å². The molecule has 1 aromatic heterocycles. The van der Waals surface area contributed by atoms with Gasteiger partial charge in [0.2, 0.25) is 0 Å². The quantitative estimate of drug-likeness (QED) is 0.163. The molecule has 10 rings (SSSR count). The zero-order chi connectivity index (χ0) is 35.8. The Morgan fingerprint density at radius 1 is 0.352 bits per heavy atom. The summed E-state index contributed by atoms with van der Waals surface area (Å²) in [5, 5.41) is 7.68. The SMILES string of the molecule is C1=CC(c2ccccc2-c2ccc3c4ccccc4c4ccccc4c3c2)=C(c2nc(-c3ccccc3)cc(-c3cccc(-c4ccccc4)c3)n2)CC1. The molecule has 9 aromatic rings. The lowest BCUT2D eigenvalue weighted by atomic mass is 9.86. The molecule has 1 aliphatic carbocycles. The number of nitrogens with zero attached hydrogens (tertiary/aromatic N) is 2. The van der Waals surface area contributed by atoms with Crippen molar-refractivity contribution in [1.82, 2.24) is 9.97 Å². The summed E-state index contributed by atoms with van der Waals surface area (Å²) in [5.41, 5.74) is 12.3. The van der Waals surface area contributed by atoms with Gasteiger partial charge in [-0.1, -0.05) is 176 Å². The third kappa shape index (κ3) is 5.70. The van der Waals surface area contributed by atoms with Crippen LogP contribution in [0.3, 0.4) is 0 Å². The molecule has 0 radical (unpaired) electrons. The number of rotatable bonds is 6. The van der Waals surface area contributed by atoms with Crippen LogP contribution in [0.5, 0.6) is 0 Å². The molecule has 0 saturated carbocycles. The Balaban J connectivity index is 1.16. The summed E-state index contributed by atoms with van der Waals surface area (Å²) in [6.45, 7) is 0. The number of benzene rings is 8. The summed E-state index contributed by atoms with van der Waals surface area (Å²) in [5.74, 6) is 0.779. The first-order valence-electron chi connectivity index (χ1n) is 18.7. The Labute approximate surface area is 315 Å². The van der Waals surface area contributed by atoms with Crippen molar-refractivity contribution in [1.29, 1.82) is 0 Å². The molecule has 8 aromatic carbocycles. The van der Waals surface area contributed by atoms with Crippen LogP contribution in [0.2, 0.25) is 0 Å². The predicted octanol–water partition coefficient (Wildman–Crippen LogP) is 13.9. The fourth-order valence-electron chi connectivity index (χ4n) is 8.17. The third-order valence-electron chi connectivity index (χ3n) is 10.8. The Hall–Kier alpha value is -6.90. The van der Waals surface area contributed by atoms with E-state index in [-0.39, 0.29) is 0 Å². The fraction of sp³-hybridized carbons (Fsp3) is 0.0385. The van der Waals surface area contributed by atoms with Crippen LogP contribution in [0.1, 0.15) is 24.2 Å². The van der Waals surface area contributed by atoms with E-state index in [1.165, 1.54) is 71.3 Å². The topological polar surface area (TPSA) is 25.8 Å². The van der Waals surface area contributed by atoms with Crippen LogP contribution in [0.15, 0.2) is 194 Å². The summed E-state index contributed by atoms with van der Waals surface area (Å²) >= 11 is 0. The van der Waals surface area contributed by atoms with Gasteiger partial charge in [-0.05, 0) is 96.7 Å². The molecular formula is C52H36N2. The molecule has 2 heteroatoms. The highest BCUT2D eigenvalue weighted by atomic mass is 14.9. The highest BCUT2D eigenvalue weighted by Gasteiger charge is 2.21. The second-order valence-electron chi connectivity index (χ2n) is 14.0. The van der Waals surface area contributed by atoms with E-state index < -0.39 is 0 Å². The highest BCUT2D eigenvalue weighted by molar-refractivity contribution is 6.25. The standard InChI is InChI=1S/C52H36N2/c1-3-16-35(17-4-1)37-20-15-21-39(32-37)51-34-50(36-18-5-2-6-19-36)53-52(54-51)48-29-14-13-27-45(48)41-23-8-7-22-40(41)38-30-31-47-44-26-10-9-24-42(44)43-25-11-12-28-46(43)49(47)33-38/h1-13,15-28,30-34H,14,29H2. The molecule has 0 N–H and O–H groups in total. The summed E-state index contributed by atoms with van der Waals surface area (Å²) in [7, 11) is 0. The minimum atomic E-state index is 0.779. The van der Waals surface area contributed by atoms with E-state index in [1.807, 2.05) is 0 Å². The first-order valence-corrected chi connectivity index (χ1v) is 18.7. The molecular weight excluding hydrogens is 653 g/mol. The lowest BCUT2D eigenvalue weighted by molar-refractivity contribution is 1.01. The van der Waals surface area contributed by atoms with Crippen molar-refractivity contribution in [3.05, 3.63) is 206 Å². The van der Waals surface area contributed by atoms with E-state index in [0.717, 1.165) is 41.2 Å². The van der Waals surface area contributed by atoms with Crippen LogP contribution >= 0.6 is 0 Å². The van der Waals surface area contributed by atoms with Crippen LogP contribution in [-0.4, -0.2) is 9.97 Å². The van der Waals surface area contributed by atoms with Crippen molar-refractivity contribution in [2.45, 2.75) is 12.8 Å². The van der Waals surface area contributed by atoms with Gasteiger partial charge in [0.1, 0.15) is 0 Å². The van der Waals surface area contributed by atoms with Gasteiger partial charge in [-0.2, -0.15) is 0 Å². The van der Waals surface area contributed by atoms with E-state index in [9.17, 15) is 0 Å². The van der Waals surface area contributed by atoms with E-state index in [1.54, 1.807) is 0 Å². The maximum absolute atomic E-state index is 5.37. The van der Waals surface area contributed by atoms with Crippen molar-refractivity contribution in [2.24, 2.45) is 0 Å². The minimum absolute atomic E-state index is 0.779. The van der Waals surface area contributed by atoms with Crippen molar-refractivity contribution in [3.8, 4) is 44.8 Å². The van der Waals surface area contributed by atoms with Crippen LogP contribution in [-0.2, 0) is 0 Å². The van der Waals surface area contributed by atoms with Gasteiger partial charge >= 0.3 is 0 Å². The average Bonchev–Trinajstić information content (AvgIpc) is 3.27. The minimum Gasteiger partial charge on any atom is -0.228 e. The summed E-state index contributed by atoms with van der Waals surface area (Å²) < 4.78 is 0. The summed E-state index contributed by atoms with van der Waals surface area (Å²) in [6.07, 6.45) is 6.38. The second kappa shape index (κ2) is 13.6. The van der Waals surface area contributed by atoms with Crippen LogP contribution in [0, 0.1) is 0 Å². The molecule has 54 heavy (non-hydrogen) atoms. The number of fused-ring (bicyclic) bond motifs is 6. The van der Waals surface area contributed by atoms with Crippen molar-refractivity contribution >= 4 is 43.5 Å². The van der Waals surface area contributed by atoms with Gasteiger partial charge in [0.05, 0.1) is 11.4 Å². The molecule has 0 aliphatic heterocycles. The second-order valence-corrected chi connectivity index (χ2v) is 14.0. The van der Waals surface area contributed by atoms with Gasteiger partial charge in [0.15, 0.2) is 5.82 Å². The van der Waals surface area contributed by atoms with Gasteiger partial charge in [-0.3, -0.25) is 0 Å². The maximum atomic E-state index is 5.37. The first-order chi connectivity index (χ1) is 26.8. The van der Waals surface area contributed by atoms with Crippen molar-refractivity contribution in [3.63, 3.8) is 0 Å². The third-order valence-corrected chi connectivity index (χ3v) is 10.8. The van der Waals surface area contributed by atoms with Gasteiger partial charge in [0.25, 0.3) is 0 Å². The molecule has 254 valence electrons. The Morgan fingerprint density at radius 3 is 1.59 bits per heavy atom. The molecule has 2 nitrogen and oxygen atoms in total. The van der Waals surface area contributed by atoms with Gasteiger partial charge in [-0.25, -0.2) is 9.97 Å². The Bertz CT molecular complexity index is 2880. The molecule has 0 unspecified atom stereocenters. The molecule has 0 amide bonds. The Morgan fingerprint density at radius 2 is 0.889 bits per heavy atom. The van der Waals surface area contributed by atoms with E-state index in [4.69, 9.17) is 9.97 Å². The van der Waals surface area contributed by atoms with E-state index >= 15 is 0 Å². The van der Waals surface area contributed by atoms with Crippen LogP contribution < -0.4 is 0 Å². The van der Waals surface area contributed by atoms with Gasteiger partial charge in [0, 0.05) is 16.7 Å². The highest BCUT2D eigenvalue weighted by Crippen LogP contribution is 2.42. The average molecular weight is 689 g/mol. The summed E-state index contributed by atoms with van der Waals surface area (Å²) in [6, 6.07) is 65.2. The maximum Gasteiger partial charge on any atom is 0.157 e. The zero-order valence-corrected chi connectivity index (χ0v) is 29.8. The summed E-state index contributed by atoms with van der Waals surface area (Å²) in [4.78, 5) is 10.7. The lowest BCUT2D eigenvalue weighted by Gasteiger charge is -2.20. The molecule has 1 aliphatic rings. The largest absolute Gasteiger partial charge is 0.228 e. The molecule has 0 saturated heterocycles. The normalized spacial score (nSPS) is 12.9. The molecule has 0 fully saturated rings. The monoisotopic (exact) mass is 688 g/mol.